The summed E-state index contributed by atoms with van der Waals surface area (Å²) in [7, 11) is 1.82. The minimum atomic E-state index is 0. The summed E-state index contributed by atoms with van der Waals surface area (Å²) in [5.74, 6) is 0.816. The van der Waals surface area contributed by atoms with Crippen molar-refractivity contribution in [3.8, 4) is 0 Å². The quantitative estimate of drug-likeness (QED) is 0.301. The van der Waals surface area contributed by atoms with Crippen LogP contribution in [0, 0.1) is 0 Å². The summed E-state index contributed by atoms with van der Waals surface area (Å²) in [5, 5.41) is 7.81. The van der Waals surface area contributed by atoms with E-state index in [1.165, 1.54) is 5.56 Å². The number of nitrogens with zero attached hydrogens (tertiary/aromatic N) is 3. The second-order valence-electron chi connectivity index (χ2n) is 8.44. The summed E-state index contributed by atoms with van der Waals surface area (Å²) in [6, 6.07) is 8.34. The van der Waals surface area contributed by atoms with Crippen LogP contribution in [0.15, 0.2) is 29.3 Å². The van der Waals surface area contributed by atoms with E-state index in [2.05, 4.69) is 51.4 Å². The Kier molecular flexibility index (Phi) is 11.3. The Morgan fingerprint density at radius 1 is 1.10 bits per heavy atom. The first-order valence-electron chi connectivity index (χ1n) is 10.8. The van der Waals surface area contributed by atoms with Gasteiger partial charge in [0, 0.05) is 56.9 Å². The Balaban J connectivity index is 0.00000341. The lowest BCUT2D eigenvalue weighted by Gasteiger charge is -2.41. The summed E-state index contributed by atoms with van der Waals surface area (Å²) >= 11 is 6.28. The van der Waals surface area contributed by atoms with Gasteiger partial charge in [-0.2, -0.15) is 0 Å². The number of hydrogen-bond donors (Lipinski definition) is 2. The number of rotatable bonds is 7. The largest absolute Gasteiger partial charge is 0.379 e. The second kappa shape index (κ2) is 13.2. The number of halogens is 2. The summed E-state index contributed by atoms with van der Waals surface area (Å²) in [5.41, 5.74) is 1.24. The molecule has 1 aromatic rings. The molecule has 2 saturated heterocycles. The number of ether oxygens (including phenoxy) is 2. The minimum Gasteiger partial charge on any atom is -0.379 e. The van der Waals surface area contributed by atoms with Gasteiger partial charge in [-0.25, -0.2) is 0 Å². The van der Waals surface area contributed by atoms with Crippen molar-refractivity contribution >= 4 is 41.5 Å². The molecular weight excluding hydrogens is 529 g/mol. The van der Waals surface area contributed by atoms with Gasteiger partial charge in [0.05, 0.1) is 32.5 Å². The molecule has 0 aromatic heterocycles. The van der Waals surface area contributed by atoms with Crippen LogP contribution >= 0.6 is 35.6 Å². The summed E-state index contributed by atoms with van der Waals surface area (Å²) in [6.45, 7) is 13.0. The van der Waals surface area contributed by atoms with Crippen LogP contribution in [0.5, 0.6) is 0 Å². The van der Waals surface area contributed by atoms with Crippen molar-refractivity contribution < 1.29 is 9.47 Å². The smallest absolute Gasteiger partial charge is 0.191 e. The Morgan fingerprint density at radius 3 is 2.35 bits per heavy atom. The van der Waals surface area contributed by atoms with Crippen molar-refractivity contribution in [1.82, 2.24) is 20.4 Å². The standard InChI is InChI=1S/C22H36ClN5O2.HI/c1-22(2,28-9-13-30-14-10-28)17-26-21(24-3)25-16-20(27-7-11-29-12-8-27)18-5-4-6-19(23)15-18;/h4-6,15,20H,7-14,16-17H2,1-3H3,(H2,24,25,26);1H. The Hall–Kier alpha value is -0.650. The van der Waals surface area contributed by atoms with Crippen molar-refractivity contribution in [3.05, 3.63) is 34.9 Å². The van der Waals surface area contributed by atoms with E-state index in [0.29, 0.717) is 0 Å². The number of benzene rings is 1. The molecule has 2 fully saturated rings. The van der Waals surface area contributed by atoms with Crippen molar-refractivity contribution in [1.29, 1.82) is 0 Å². The molecule has 2 aliphatic heterocycles. The van der Waals surface area contributed by atoms with Crippen LogP contribution in [0.2, 0.25) is 5.02 Å². The van der Waals surface area contributed by atoms with Gasteiger partial charge in [-0.15, -0.1) is 24.0 Å². The van der Waals surface area contributed by atoms with Gasteiger partial charge in [-0.3, -0.25) is 14.8 Å². The molecule has 7 nitrogen and oxygen atoms in total. The first-order valence-corrected chi connectivity index (χ1v) is 11.2. The Bertz CT molecular complexity index is 694. The monoisotopic (exact) mass is 565 g/mol. The zero-order valence-electron chi connectivity index (χ0n) is 18.9. The maximum absolute atomic E-state index is 6.28. The van der Waals surface area contributed by atoms with E-state index >= 15 is 0 Å². The molecule has 176 valence electrons. The SMILES string of the molecule is CN=C(NCC(c1cccc(Cl)c1)N1CCOCC1)NCC(C)(C)N1CCOCC1.I. The fraction of sp³-hybridized carbons (Fsp3) is 0.682. The molecule has 31 heavy (non-hydrogen) atoms. The molecule has 0 bridgehead atoms. The van der Waals surface area contributed by atoms with E-state index in [1.54, 1.807) is 0 Å². The van der Waals surface area contributed by atoms with E-state index in [-0.39, 0.29) is 35.6 Å². The van der Waals surface area contributed by atoms with Gasteiger partial charge in [0.15, 0.2) is 5.96 Å². The normalized spacial score (nSPS) is 20.1. The molecule has 0 saturated carbocycles. The third kappa shape index (κ3) is 8.01. The van der Waals surface area contributed by atoms with Crippen LogP contribution in [0.1, 0.15) is 25.5 Å². The third-order valence-electron chi connectivity index (χ3n) is 5.96. The van der Waals surface area contributed by atoms with Crippen molar-refractivity contribution in [2.75, 3.05) is 72.7 Å². The average molecular weight is 566 g/mol. The van der Waals surface area contributed by atoms with Crippen LogP contribution in [0.4, 0.5) is 0 Å². The van der Waals surface area contributed by atoms with Crippen LogP contribution in [-0.4, -0.2) is 94.0 Å². The van der Waals surface area contributed by atoms with Gasteiger partial charge < -0.3 is 20.1 Å². The van der Waals surface area contributed by atoms with Crippen molar-refractivity contribution in [2.24, 2.45) is 4.99 Å². The maximum atomic E-state index is 6.28. The highest BCUT2D eigenvalue weighted by Gasteiger charge is 2.28. The lowest BCUT2D eigenvalue weighted by molar-refractivity contribution is -0.00836. The molecule has 0 amide bonds. The van der Waals surface area contributed by atoms with Crippen LogP contribution in [0.3, 0.4) is 0 Å². The van der Waals surface area contributed by atoms with E-state index < -0.39 is 0 Å². The van der Waals surface area contributed by atoms with Gasteiger partial charge in [-0.1, -0.05) is 23.7 Å². The van der Waals surface area contributed by atoms with Crippen LogP contribution in [0.25, 0.3) is 0 Å². The maximum Gasteiger partial charge on any atom is 0.191 e. The number of nitrogens with one attached hydrogen (secondary N) is 2. The molecule has 2 aliphatic rings. The number of guanidine groups is 1. The molecule has 1 aromatic carbocycles. The second-order valence-corrected chi connectivity index (χ2v) is 8.87. The molecule has 0 aliphatic carbocycles. The van der Waals surface area contributed by atoms with E-state index in [0.717, 1.165) is 76.7 Å². The molecular formula is C22H37ClIN5O2. The predicted octanol–water partition coefficient (Wildman–Crippen LogP) is 2.61. The molecule has 1 atom stereocenters. The average Bonchev–Trinajstić information content (AvgIpc) is 2.77. The number of morpholine rings is 2. The van der Waals surface area contributed by atoms with Crippen molar-refractivity contribution in [3.63, 3.8) is 0 Å². The topological polar surface area (TPSA) is 61.4 Å². The number of hydrogen-bond acceptors (Lipinski definition) is 5. The van der Waals surface area contributed by atoms with E-state index in [4.69, 9.17) is 21.1 Å². The fourth-order valence-corrected chi connectivity index (χ4v) is 4.25. The molecule has 9 heteroatoms. The third-order valence-corrected chi connectivity index (χ3v) is 6.20. The highest BCUT2D eigenvalue weighted by molar-refractivity contribution is 14.0. The predicted molar refractivity (Wildman–Crippen MR) is 138 cm³/mol. The minimum absolute atomic E-state index is 0. The van der Waals surface area contributed by atoms with Gasteiger partial charge in [0.2, 0.25) is 0 Å². The fourth-order valence-electron chi connectivity index (χ4n) is 4.06. The Morgan fingerprint density at radius 2 is 1.74 bits per heavy atom. The van der Waals surface area contributed by atoms with Gasteiger partial charge in [-0.05, 0) is 31.5 Å². The summed E-state index contributed by atoms with van der Waals surface area (Å²) < 4.78 is 11.0. The lowest BCUT2D eigenvalue weighted by atomic mass is 10.0. The lowest BCUT2D eigenvalue weighted by Crippen LogP contribution is -2.57. The number of aliphatic imine (C=N–C) groups is 1. The van der Waals surface area contributed by atoms with E-state index in [1.807, 2.05) is 19.2 Å². The molecule has 2 N–H and O–H groups in total. The van der Waals surface area contributed by atoms with Gasteiger partial charge in [0.25, 0.3) is 0 Å². The molecule has 1 unspecified atom stereocenters. The summed E-state index contributed by atoms with van der Waals surface area (Å²) in [4.78, 5) is 9.37. The first-order chi connectivity index (χ1) is 14.5. The van der Waals surface area contributed by atoms with E-state index in [9.17, 15) is 0 Å². The highest BCUT2D eigenvalue weighted by atomic mass is 127. The Labute approximate surface area is 208 Å². The molecule has 3 rings (SSSR count). The highest BCUT2D eigenvalue weighted by Crippen LogP contribution is 2.24. The molecule has 0 spiro atoms. The van der Waals surface area contributed by atoms with Crippen molar-refractivity contribution in [2.45, 2.75) is 25.4 Å². The molecule has 2 heterocycles. The zero-order chi connectivity index (χ0) is 21.4. The van der Waals surface area contributed by atoms with Gasteiger partial charge >= 0.3 is 0 Å². The van der Waals surface area contributed by atoms with Crippen LogP contribution < -0.4 is 10.6 Å². The zero-order valence-corrected chi connectivity index (χ0v) is 22.0. The van der Waals surface area contributed by atoms with Crippen LogP contribution in [-0.2, 0) is 9.47 Å². The first kappa shape index (κ1) is 26.6. The summed E-state index contributed by atoms with van der Waals surface area (Å²) in [6.07, 6.45) is 0. The molecule has 0 radical (unpaired) electrons. The van der Waals surface area contributed by atoms with Gasteiger partial charge in [0.1, 0.15) is 0 Å².